The van der Waals surface area contributed by atoms with Gasteiger partial charge in [-0.1, -0.05) is 26.7 Å². The van der Waals surface area contributed by atoms with Crippen LogP contribution in [-0.4, -0.2) is 18.6 Å². The number of hydrogen-bond donors (Lipinski definition) is 2. The van der Waals surface area contributed by atoms with E-state index in [1.165, 1.54) is 25.7 Å². The Morgan fingerprint density at radius 2 is 2.07 bits per heavy atom. The molecule has 0 aromatic carbocycles. The maximum absolute atomic E-state index is 5.83. The standard InChI is InChI=1S/C12H26N2/c1-10(2)8-12(3,9-13)14-7-6-11-4-5-11/h10-11,14H,4-9,13H2,1-3H3. The molecular formula is C12H26N2. The second-order valence-electron chi connectivity index (χ2n) is 5.52. The van der Waals surface area contributed by atoms with Crippen LogP contribution in [0.5, 0.6) is 0 Å². The van der Waals surface area contributed by atoms with Crippen LogP contribution >= 0.6 is 0 Å². The fraction of sp³-hybridized carbons (Fsp3) is 1.00. The second kappa shape index (κ2) is 5.13. The summed E-state index contributed by atoms with van der Waals surface area (Å²) in [6, 6.07) is 0. The van der Waals surface area contributed by atoms with Crippen molar-refractivity contribution in [2.24, 2.45) is 17.6 Å². The van der Waals surface area contributed by atoms with Crippen LogP contribution in [0.15, 0.2) is 0 Å². The molecule has 0 spiro atoms. The predicted octanol–water partition coefficient (Wildman–Crippen LogP) is 2.14. The molecule has 0 radical (unpaired) electrons. The van der Waals surface area contributed by atoms with E-state index in [1.54, 1.807) is 0 Å². The quantitative estimate of drug-likeness (QED) is 0.658. The topological polar surface area (TPSA) is 38.0 Å². The van der Waals surface area contributed by atoms with Crippen LogP contribution in [0.2, 0.25) is 0 Å². The van der Waals surface area contributed by atoms with Gasteiger partial charge in [0.25, 0.3) is 0 Å². The van der Waals surface area contributed by atoms with Gasteiger partial charge in [-0.15, -0.1) is 0 Å². The summed E-state index contributed by atoms with van der Waals surface area (Å²) < 4.78 is 0. The molecule has 0 bridgehead atoms. The third kappa shape index (κ3) is 4.43. The first-order valence-corrected chi connectivity index (χ1v) is 6.01. The van der Waals surface area contributed by atoms with Gasteiger partial charge in [-0.3, -0.25) is 0 Å². The SMILES string of the molecule is CC(C)CC(C)(CN)NCCC1CC1. The number of hydrogen-bond acceptors (Lipinski definition) is 2. The van der Waals surface area contributed by atoms with Crippen LogP contribution in [0.3, 0.4) is 0 Å². The molecule has 1 aliphatic rings. The molecule has 2 nitrogen and oxygen atoms in total. The van der Waals surface area contributed by atoms with E-state index in [0.717, 1.165) is 24.9 Å². The Bertz CT molecular complexity index is 164. The van der Waals surface area contributed by atoms with Crippen LogP contribution in [0.4, 0.5) is 0 Å². The van der Waals surface area contributed by atoms with E-state index in [1.807, 2.05) is 0 Å². The van der Waals surface area contributed by atoms with E-state index in [2.05, 4.69) is 26.1 Å². The van der Waals surface area contributed by atoms with Gasteiger partial charge in [0.2, 0.25) is 0 Å². The minimum atomic E-state index is 0.156. The average Bonchev–Trinajstić information content (AvgIpc) is 2.87. The smallest absolute Gasteiger partial charge is 0.0278 e. The highest BCUT2D eigenvalue weighted by molar-refractivity contribution is 4.86. The average molecular weight is 198 g/mol. The molecule has 1 aliphatic carbocycles. The Morgan fingerprint density at radius 3 is 2.50 bits per heavy atom. The number of rotatable bonds is 7. The van der Waals surface area contributed by atoms with Crippen molar-refractivity contribution < 1.29 is 0 Å². The molecule has 1 atom stereocenters. The zero-order valence-corrected chi connectivity index (χ0v) is 9.97. The van der Waals surface area contributed by atoms with E-state index >= 15 is 0 Å². The van der Waals surface area contributed by atoms with Crippen LogP contribution in [-0.2, 0) is 0 Å². The van der Waals surface area contributed by atoms with Gasteiger partial charge in [-0.05, 0) is 38.1 Å². The van der Waals surface area contributed by atoms with Gasteiger partial charge in [-0.2, -0.15) is 0 Å². The maximum Gasteiger partial charge on any atom is 0.0278 e. The van der Waals surface area contributed by atoms with Crippen molar-refractivity contribution in [1.29, 1.82) is 0 Å². The molecule has 0 aliphatic heterocycles. The van der Waals surface area contributed by atoms with Crippen molar-refractivity contribution in [3.8, 4) is 0 Å². The summed E-state index contributed by atoms with van der Waals surface area (Å²) in [5, 5.41) is 3.62. The number of nitrogens with two attached hydrogens (primary N) is 1. The highest BCUT2D eigenvalue weighted by atomic mass is 15.0. The van der Waals surface area contributed by atoms with E-state index in [9.17, 15) is 0 Å². The molecule has 3 N–H and O–H groups in total. The summed E-state index contributed by atoms with van der Waals surface area (Å²) in [6.45, 7) is 8.66. The molecule has 2 heteroatoms. The van der Waals surface area contributed by atoms with E-state index in [4.69, 9.17) is 5.73 Å². The summed E-state index contributed by atoms with van der Waals surface area (Å²) in [4.78, 5) is 0. The van der Waals surface area contributed by atoms with Gasteiger partial charge >= 0.3 is 0 Å². The third-order valence-electron chi connectivity index (χ3n) is 3.11. The predicted molar refractivity (Wildman–Crippen MR) is 62.3 cm³/mol. The molecule has 1 saturated carbocycles. The van der Waals surface area contributed by atoms with Crippen molar-refractivity contribution in [2.75, 3.05) is 13.1 Å². The van der Waals surface area contributed by atoms with Gasteiger partial charge in [0.05, 0.1) is 0 Å². The van der Waals surface area contributed by atoms with Crippen molar-refractivity contribution in [2.45, 2.75) is 52.0 Å². The Morgan fingerprint density at radius 1 is 1.43 bits per heavy atom. The van der Waals surface area contributed by atoms with Gasteiger partial charge in [-0.25, -0.2) is 0 Å². The van der Waals surface area contributed by atoms with Crippen LogP contribution in [0.1, 0.15) is 46.5 Å². The molecular weight excluding hydrogens is 172 g/mol. The van der Waals surface area contributed by atoms with Crippen LogP contribution in [0, 0.1) is 11.8 Å². The van der Waals surface area contributed by atoms with Crippen LogP contribution < -0.4 is 11.1 Å². The van der Waals surface area contributed by atoms with Crippen molar-refractivity contribution in [3.05, 3.63) is 0 Å². The first-order valence-electron chi connectivity index (χ1n) is 6.01. The molecule has 84 valence electrons. The highest BCUT2D eigenvalue weighted by Crippen LogP contribution is 2.32. The zero-order chi connectivity index (χ0) is 10.6. The lowest BCUT2D eigenvalue weighted by molar-refractivity contribution is 0.296. The van der Waals surface area contributed by atoms with Crippen molar-refractivity contribution in [1.82, 2.24) is 5.32 Å². The highest BCUT2D eigenvalue weighted by Gasteiger charge is 2.25. The lowest BCUT2D eigenvalue weighted by Crippen LogP contribution is -2.49. The van der Waals surface area contributed by atoms with Gasteiger partial charge < -0.3 is 11.1 Å². The van der Waals surface area contributed by atoms with Gasteiger partial charge in [0.15, 0.2) is 0 Å². The summed E-state index contributed by atoms with van der Waals surface area (Å²) >= 11 is 0. The molecule has 1 fully saturated rings. The Labute approximate surface area is 88.6 Å². The molecule has 0 saturated heterocycles. The molecule has 1 rings (SSSR count). The monoisotopic (exact) mass is 198 g/mol. The van der Waals surface area contributed by atoms with Crippen molar-refractivity contribution >= 4 is 0 Å². The second-order valence-corrected chi connectivity index (χ2v) is 5.52. The normalized spacial score (nSPS) is 21.2. The molecule has 1 unspecified atom stereocenters. The Hall–Kier alpha value is -0.0800. The fourth-order valence-corrected chi connectivity index (χ4v) is 2.11. The van der Waals surface area contributed by atoms with E-state index < -0.39 is 0 Å². The molecule has 0 amide bonds. The van der Waals surface area contributed by atoms with Crippen LogP contribution in [0.25, 0.3) is 0 Å². The lowest BCUT2D eigenvalue weighted by atomic mass is 9.90. The minimum absolute atomic E-state index is 0.156. The molecule has 0 aromatic heterocycles. The minimum Gasteiger partial charge on any atom is -0.329 e. The van der Waals surface area contributed by atoms with E-state index in [-0.39, 0.29) is 5.54 Å². The lowest BCUT2D eigenvalue weighted by Gasteiger charge is -2.31. The fourth-order valence-electron chi connectivity index (χ4n) is 2.11. The maximum atomic E-state index is 5.83. The van der Waals surface area contributed by atoms with Gasteiger partial charge in [0, 0.05) is 12.1 Å². The molecule has 14 heavy (non-hydrogen) atoms. The molecule has 0 heterocycles. The molecule has 0 aromatic rings. The largest absolute Gasteiger partial charge is 0.329 e. The van der Waals surface area contributed by atoms with E-state index in [0.29, 0.717) is 0 Å². The zero-order valence-electron chi connectivity index (χ0n) is 9.97. The third-order valence-corrected chi connectivity index (χ3v) is 3.11. The summed E-state index contributed by atoms with van der Waals surface area (Å²) in [5.41, 5.74) is 5.98. The van der Waals surface area contributed by atoms with Gasteiger partial charge in [0.1, 0.15) is 0 Å². The summed E-state index contributed by atoms with van der Waals surface area (Å²) in [7, 11) is 0. The number of nitrogens with one attached hydrogen (secondary N) is 1. The first kappa shape index (κ1) is 12.0. The summed E-state index contributed by atoms with van der Waals surface area (Å²) in [5.74, 6) is 1.74. The Balaban J connectivity index is 2.19. The first-order chi connectivity index (χ1) is 6.56. The van der Waals surface area contributed by atoms with Crippen molar-refractivity contribution in [3.63, 3.8) is 0 Å². The Kier molecular flexibility index (Phi) is 4.39. The summed E-state index contributed by atoms with van der Waals surface area (Å²) in [6.07, 6.45) is 5.41.